The summed E-state index contributed by atoms with van der Waals surface area (Å²) in [5.41, 5.74) is 7.29. The zero-order valence-electron chi connectivity index (χ0n) is 12.6. The summed E-state index contributed by atoms with van der Waals surface area (Å²) in [5.74, 6) is 1.14. The number of ether oxygens (including phenoxy) is 1. The molecule has 0 aliphatic carbocycles. The number of benzene rings is 1. The molecule has 3 rings (SSSR count). The predicted molar refractivity (Wildman–Crippen MR) is 89.7 cm³/mol. The second kappa shape index (κ2) is 5.61. The highest BCUT2D eigenvalue weighted by molar-refractivity contribution is 9.10. The van der Waals surface area contributed by atoms with Crippen LogP contribution < -0.4 is 10.6 Å². The summed E-state index contributed by atoms with van der Waals surface area (Å²) in [5, 5.41) is 0. The summed E-state index contributed by atoms with van der Waals surface area (Å²) in [7, 11) is 0. The molecule has 2 aliphatic heterocycles. The van der Waals surface area contributed by atoms with Crippen LogP contribution in [0.3, 0.4) is 0 Å². The summed E-state index contributed by atoms with van der Waals surface area (Å²) < 4.78 is 7.01. The van der Waals surface area contributed by atoms with E-state index in [1.807, 2.05) is 12.1 Å². The summed E-state index contributed by atoms with van der Waals surface area (Å²) >= 11 is 3.49. The van der Waals surface area contributed by atoms with Crippen LogP contribution in [0, 0.1) is 5.92 Å². The van der Waals surface area contributed by atoms with Crippen LogP contribution in [0.25, 0.3) is 0 Å². The number of hydrogen-bond donors (Lipinski definition) is 1. The minimum absolute atomic E-state index is 0.0227. The lowest BCUT2D eigenvalue weighted by molar-refractivity contribution is -0.0380. The number of guanidine groups is 1. The molecule has 2 heterocycles. The van der Waals surface area contributed by atoms with Crippen molar-refractivity contribution in [2.75, 3.05) is 18.1 Å². The zero-order chi connectivity index (χ0) is 15.0. The van der Waals surface area contributed by atoms with Gasteiger partial charge in [0.1, 0.15) is 0 Å². The molecule has 114 valence electrons. The monoisotopic (exact) mass is 351 g/mol. The molecule has 1 spiro atoms. The molecule has 1 aromatic carbocycles. The molecule has 0 bridgehead atoms. The molecule has 0 radical (unpaired) electrons. The molecular formula is C16H22BrN3O. The Morgan fingerprint density at radius 1 is 1.38 bits per heavy atom. The van der Waals surface area contributed by atoms with Gasteiger partial charge < -0.3 is 15.4 Å². The summed E-state index contributed by atoms with van der Waals surface area (Å²) in [6, 6.07) is 8.29. The van der Waals surface area contributed by atoms with Crippen LogP contribution in [0.4, 0.5) is 5.69 Å². The number of anilines is 1. The van der Waals surface area contributed by atoms with E-state index in [-0.39, 0.29) is 11.6 Å². The Hall–Kier alpha value is -1.07. The maximum Gasteiger partial charge on any atom is 0.196 e. The summed E-state index contributed by atoms with van der Waals surface area (Å²) in [6.45, 7) is 5.97. The SMILES string of the molecule is CC(C)C1CC2(CCO1)CN=C(N)N2c1ccc(Br)cc1. The smallest absolute Gasteiger partial charge is 0.196 e. The van der Waals surface area contributed by atoms with Crippen LogP contribution in [0.5, 0.6) is 0 Å². The second-order valence-electron chi connectivity index (χ2n) is 6.32. The van der Waals surface area contributed by atoms with Crippen molar-refractivity contribution in [1.29, 1.82) is 0 Å². The molecule has 2 unspecified atom stereocenters. The highest BCUT2D eigenvalue weighted by atomic mass is 79.9. The van der Waals surface area contributed by atoms with E-state index in [4.69, 9.17) is 10.5 Å². The van der Waals surface area contributed by atoms with Crippen LogP contribution in [0.15, 0.2) is 33.7 Å². The Morgan fingerprint density at radius 3 is 2.76 bits per heavy atom. The van der Waals surface area contributed by atoms with Gasteiger partial charge in [-0.1, -0.05) is 29.8 Å². The van der Waals surface area contributed by atoms with E-state index in [0.29, 0.717) is 11.9 Å². The highest BCUT2D eigenvalue weighted by Gasteiger charge is 2.47. The van der Waals surface area contributed by atoms with E-state index in [1.54, 1.807) is 0 Å². The molecule has 1 saturated heterocycles. The molecule has 0 saturated carbocycles. The van der Waals surface area contributed by atoms with E-state index in [1.165, 1.54) is 0 Å². The van der Waals surface area contributed by atoms with Gasteiger partial charge in [0, 0.05) is 16.8 Å². The molecule has 1 aromatic rings. The summed E-state index contributed by atoms with van der Waals surface area (Å²) in [4.78, 5) is 6.76. The molecule has 2 atom stereocenters. The van der Waals surface area contributed by atoms with Crippen molar-refractivity contribution in [2.24, 2.45) is 16.6 Å². The second-order valence-corrected chi connectivity index (χ2v) is 7.23. The van der Waals surface area contributed by atoms with E-state index in [2.05, 4.69) is 51.8 Å². The number of nitrogens with two attached hydrogens (primary N) is 1. The number of nitrogens with zero attached hydrogens (tertiary/aromatic N) is 2. The Kier molecular flexibility index (Phi) is 3.97. The Labute approximate surface area is 134 Å². The lowest BCUT2D eigenvalue weighted by atomic mass is 9.82. The van der Waals surface area contributed by atoms with Gasteiger partial charge in [-0.05, 0) is 43.0 Å². The molecule has 2 N–H and O–H groups in total. The average molecular weight is 352 g/mol. The van der Waals surface area contributed by atoms with Crippen molar-refractivity contribution in [3.05, 3.63) is 28.7 Å². The van der Waals surface area contributed by atoms with Crippen LogP contribution in [0.2, 0.25) is 0 Å². The fraction of sp³-hybridized carbons (Fsp3) is 0.562. The van der Waals surface area contributed by atoms with E-state index in [0.717, 1.165) is 36.2 Å². The van der Waals surface area contributed by atoms with E-state index >= 15 is 0 Å². The van der Waals surface area contributed by atoms with Gasteiger partial charge >= 0.3 is 0 Å². The standard InChI is InChI=1S/C16H22BrN3O/c1-11(2)14-9-16(7-8-21-14)10-19-15(18)20(16)13-5-3-12(17)4-6-13/h3-6,11,14H,7-10H2,1-2H3,(H2,18,19). The molecule has 0 aromatic heterocycles. The lowest BCUT2D eigenvalue weighted by Gasteiger charge is -2.45. The van der Waals surface area contributed by atoms with Gasteiger partial charge in [-0.2, -0.15) is 0 Å². The van der Waals surface area contributed by atoms with Gasteiger partial charge in [0.2, 0.25) is 0 Å². The van der Waals surface area contributed by atoms with E-state index in [9.17, 15) is 0 Å². The molecular weight excluding hydrogens is 330 g/mol. The molecule has 21 heavy (non-hydrogen) atoms. The van der Waals surface area contributed by atoms with Crippen molar-refractivity contribution >= 4 is 27.6 Å². The zero-order valence-corrected chi connectivity index (χ0v) is 14.1. The predicted octanol–water partition coefficient (Wildman–Crippen LogP) is 3.16. The molecule has 0 amide bonds. The third-order valence-corrected chi connectivity index (χ3v) is 5.08. The van der Waals surface area contributed by atoms with Gasteiger partial charge in [0.05, 0.1) is 18.2 Å². The van der Waals surface area contributed by atoms with Gasteiger partial charge in [-0.3, -0.25) is 4.99 Å². The maximum atomic E-state index is 6.20. The largest absolute Gasteiger partial charge is 0.378 e. The topological polar surface area (TPSA) is 50.9 Å². The first kappa shape index (κ1) is 14.9. The first-order valence-electron chi connectivity index (χ1n) is 7.49. The van der Waals surface area contributed by atoms with Crippen LogP contribution in [-0.2, 0) is 4.74 Å². The molecule has 4 nitrogen and oxygen atoms in total. The van der Waals surface area contributed by atoms with Crippen molar-refractivity contribution in [2.45, 2.75) is 38.3 Å². The highest BCUT2D eigenvalue weighted by Crippen LogP contribution is 2.39. The number of rotatable bonds is 2. The number of hydrogen-bond acceptors (Lipinski definition) is 4. The first-order valence-corrected chi connectivity index (χ1v) is 8.28. The third kappa shape index (κ3) is 2.69. The van der Waals surface area contributed by atoms with Crippen molar-refractivity contribution in [3.8, 4) is 0 Å². The fourth-order valence-corrected chi connectivity index (χ4v) is 3.58. The normalized spacial score (nSPS) is 29.2. The van der Waals surface area contributed by atoms with Gasteiger partial charge in [-0.15, -0.1) is 0 Å². The van der Waals surface area contributed by atoms with Crippen LogP contribution in [-0.4, -0.2) is 30.8 Å². The fourth-order valence-electron chi connectivity index (χ4n) is 3.32. The quantitative estimate of drug-likeness (QED) is 0.890. The Balaban J connectivity index is 1.92. The molecule has 1 fully saturated rings. The lowest BCUT2D eigenvalue weighted by Crippen LogP contribution is -2.57. The average Bonchev–Trinajstić information content (AvgIpc) is 2.77. The number of aliphatic imine (C=N–C) groups is 1. The third-order valence-electron chi connectivity index (χ3n) is 4.55. The maximum absolute atomic E-state index is 6.20. The Bertz CT molecular complexity index is 543. The van der Waals surface area contributed by atoms with Crippen molar-refractivity contribution in [3.63, 3.8) is 0 Å². The van der Waals surface area contributed by atoms with Gasteiger partial charge in [0.15, 0.2) is 5.96 Å². The van der Waals surface area contributed by atoms with Crippen molar-refractivity contribution in [1.82, 2.24) is 0 Å². The van der Waals surface area contributed by atoms with Gasteiger partial charge in [-0.25, -0.2) is 0 Å². The minimum atomic E-state index is -0.0227. The van der Waals surface area contributed by atoms with Crippen molar-refractivity contribution < 1.29 is 4.74 Å². The number of halogens is 1. The molecule has 5 heteroatoms. The van der Waals surface area contributed by atoms with E-state index < -0.39 is 0 Å². The van der Waals surface area contributed by atoms with Crippen LogP contribution in [0.1, 0.15) is 26.7 Å². The minimum Gasteiger partial charge on any atom is -0.378 e. The Morgan fingerprint density at radius 2 is 2.10 bits per heavy atom. The van der Waals surface area contributed by atoms with Crippen LogP contribution >= 0.6 is 15.9 Å². The molecule has 2 aliphatic rings. The van der Waals surface area contributed by atoms with Gasteiger partial charge in [0.25, 0.3) is 0 Å². The summed E-state index contributed by atoms with van der Waals surface area (Å²) in [6.07, 6.45) is 2.22. The first-order chi connectivity index (χ1) is 10.0.